The third-order valence-electron chi connectivity index (χ3n) is 7.58. The van der Waals surface area contributed by atoms with Gasteiger partial charge in [0.15, 0.2) is 9.84 Å². The highest BCUT2D eigenvalue weighted by molar-refractivity contribution is 7.95. The van der Waals surface area contributed by atoms with Gasteiger partial charge in [0.05, 0.1) is 26.0 Å². The van der Waals surface area contributed by atoms with Gasteiger partial charge in [0.1, 0.15) is 0 Å². The van der Waals surface area contributed by atoms with Crippen LogP contribution in [0, 0.1) is 0 Å². The quantitative estimate of drug-likeness (QED) is 0.217. The molecule has 0 aromatic heterocycles. The molecule has 7 heteroatoms. The Morgan fingerprint density at radius 2 is 1.17 bits per heavy atom. The molecule has 0 amide bonds. The van der Waals surface area contributed by atoms with Crippen LogP contribution in [0.25, 0.3) is 10.8 Å². The standard InChI is InChI=1S/C34H29NO4S2/c36-40(37,28-17-6-2-7-18-28)30-23-33(41(38,39)29-19-8-3-9-20-29)34(35(25-30)24-26-13-4-1-5-14-26)32-22-12-16-27-15-10-11-21-31(27)32/h1-23,30,34H,24-25H2. The van der Waals surface area contributed by atoms with Crippen LogP contribution < -0.4 is 0 Å². The normalized spacial score (nSPS) is 18.2. The summed E-state index contributed by atoms with van der Waals surface area (Å²) in [5, 5.41) is 0.852. The zero-order valence-corrected chi connectivity index (χ0v) is 23.9. The maximum atomic E-state index is 14.4. The van der Waals surface area contributed by atoms with Crippen LogP contribution in [0.5, 0.6) is 0 Å². The minimum atomic E-state index is -4.07. The summed E-state index contributed by atoms with van der Waals surface area (Å²) in [7, 11) is -7.97. The number of nitrogens with zero attached hydrogens (tertiary/aromatic N) is 1. The summed E-state index contributed by atoms with van der Waals surface area (Å²) in [6.45, 7) is 0.505. The number of hydrogen-bond acceptors (Lipinski definition) is 5. The van der Waals surface area contributed by atoms with Gasteiger partial charge in [-0.05, 0) is 52.2 Å². The number of hydrogen-bond donors (Lipinski definition) is 0. The average Bonchev–Trinajstić information content (AvgIpc) is 3.02. The lowest BCUT2D eigenvalue weighted by molar-refractivity contribution is 0.213. The van der Waals surface area contributed by atoms with Crippen molar-refractivity contribution in [1.82, 2.24) is 4.90 Å². The van der Waals surface area contributed by atoms with Crippen LogP contribution in [0.2, 0.25) is 0 Å². The molecule has 2 atom stereocenters. The Balaban J connectivity index is 1.61. The van der Waals surface area contributed by atoms with Crippen LogP contribution >= 0.6 is 0 Å². The zero-order chi connectivity index (χ0) is 28.5. The van der Waals surface area contributed by atoms with Gasteiger partial charge in [0.2, 0.25) is 9.84 Å². The Labute approximate surface area is 241 Å². The van der Waals surface area contributed by atoms with E-state index >= 15 is 0 Å². The van der Waals surface area contributed by atoms with Crippen LogP contribution in [-0.2, 0) is 26.2 Å². The Morgan fingerprint density at radius 1 is 0.610 bits per heavy atom. The predicted molar refractivity (Wildman–Crippen MR) is 163 cm³/mol. The van der Waals surface area contributed by atoms with E-state index < -0.39 is 31.0 Å². The minimum Gasteiger partial charge on any atom is -0.286 e. The molecule has 0 N–H and O–H groups in total. The summed E-state index contributed by atoms with van der Waals surface area (Å²) in [6.07, 6.45) is 1.48. The van der Waals surface area contributed by atoms with Gasteiger partial charge in [-0.3, -0.25) is 4.90 Å². The molecule has 1 heterocycles. The topological polar surface area (TPSA) is 71.5 Å². The molecule has 1 aliphatic heterocycles. The SMILES string of the molecule is O=S(=O)(C1=CC(S(=O)(=O)c2ccccc2)CN(Cc2ccccc2)C1c1cccc2ccccc12)c1ccccc1. The second-order valence-electron chi connectivity index (χ2n) is 10.2. The van der Waals surface area contributed by atoms with E-state index in [1.54, 1.807) is 60.7 Å². The second-order valence-corrected chi connectivity index (χ2v) is 14.3. The number of fused-ring (bicyclic) bond motifs is 1. The van der Waals surface area contributed by atoms with Crippen molar-refractivity contribution in [2.24, 2.45) is 0 Å². The summed E-state index contributed by atoms with van der Waals surface area (Å²) >= 11 is 0. The van der Waals surface area contributed by atoms with Crippen molar-refractivity contribution in [3.8, 4) is 0 Å². The largest absolute Gasteiger partial charge is 0.286 e. The maximum Gasteiger partial charge on any atom is 0.204 e. The Hall–Kier alpha value is -4.04. The lowest BCUT2D eigenvalue weighted by Gasteiger charge is -2.40. The van der Waals surface area contributed by atoms with E-state index in [-0.39, 0.29) is 21.2 Å². The third-order valence-corrected chi connectivity index (χ3v) is 11.5. The van der Waals surface area contributed by atoms with Gasteiger partial charge in [0.25, 0.3) is 0 Å². The molecule has 0 bridgehead atoms. The van der Waals surface area contributed by atoms with Crippen LogP contribution in [-0.4, -0.2) is 33.5 Å². The van der Waals surface area contributed by atoms with Crippen LogP contribution in [0.4, 0.5) is 0 Å². The molecular formula is C34H29NO4S2. The van der Waals surface area contributed by atoms with Gasteiger partial charge in [-0.1, -0.05) is 109 Å². The fourth-order valence-corrected chi connectivity index (χ4v) is 8.99. The highest BCUT2D eigenvalue weighted by Gasteiger charge is 2.42. The summed E-state index contributed by atoms with van der Waals surface area (Å²) < 4.78 is 56.8. The molecule has 5 aromatic rings. The second kappa shape index (κ2) is 11.1. The van der Waals surface area contributed by atoms with E-state index in [4.69, 9.17) is 0 Å². The molecule has 0 saturated carbocycles. The van der Waals surface area contributed by atoms with Gasteiger partial charge in [-0.2, -0.15) is 0 Å². The van der Waals surface area contributed by atoms with Crippen LogP contribution in [0.1, 0.15) is 17.2 Å². The fraction of sp³-hybridized carbons (Fsp3) is 0.118. The van der Waals surface area contributed by atoms with E-state index in [9.17, 15) is 16.8 Å². The van der Waals surface area contributed by atoms with E-state index in [1.165, 1.54) is 6.08 Å². The van der Waals surface area contributed by atoms with Gasteiger partial charge in [-0.25, -0.2) is 16.8 Å². The lowest BCUT2D eigenvalue weighted by atomic mass is 9.94. The van der Waals surface area contributed by atoms with E-state index in [1.807, 2.05) is 77.7 Å². The summed E-state index contributed by atoms with van der Waals surface area (Å²) in [5.41, 5.74) is 1.78. The summed E-state index contributed by atoms with van der Waals surface area (Å²) in [6, 6.07) is 39.3. The van der Waals surface area contributed by atoms with Gasteiger partial charge < -0.3 is 0 Å². The van der Waals surface area contributed by atoms with E-state index in [0.717, 1.165) is 21.9 Å². The first-order valence-corrected chi connectivity index (χ1v) is 16.4. The monoisotopic (exact) mass is 579 g/mol. The number of sulfone groups is 2. The van der Waals surface area contributed by atoms with Crippen molar-refractivity contribution in [3.63, 3.8) is 0 Å². The predicted octanol–water partition coefficient (Wildman–Crippen LogP) is 6.60. The number of benzene rings is 5. The molecule has 0 fully saturated rings. The molecule has 6 rings (SSSR count). The maximum absolute atomic E-state index is 14.4. The average molecular weight is 580 g/mol. The summed E-state index contributed by atoms with van der Waals surface area (Å²) in [4.78, 5) is 2.37. The van der Waals surface area contributed by atoms with Crippen molar-refractivity contribution < 1.29 is 16.8 Å². The lowest BCUT2D eigenvalue weighted by Crippen LogP contribution is -2.44. The first kappa shape index (κ1) is 27.1. The van der Waals surface area contributed by atoms with E-state index in [0.29, 0.717) is 6.54 Å². The van der Waals surface area contributed by atoms with Gasteiger partial charge in [-0.15, -0.1) is 0 Å². The fourth-order valence-electron chi connectivity index (χ4n) is 5.60. The molecule has 0 aliphatic carbocycles. The van der Waals surface area contributed by atoms with Crippen molar-refractivity contribution in [2.45, 2.75) is 27.6 Å². The smallest absolute Gasteiger partial charge is 0.204 e. The summed E-state index contributed by atoms with van der Waals surface area (Å²) in [5.74, 6) is 0. The zero-order valence-electron chi connectivity index (χ0n) is 22.2. The number of rotatable bonds is 7. The first-order valence-electron chi connectivity index (χ1n) is 13.4. The van der Waals surface area contributed by atoms with Crippen molar-refractivity contribution in [2.75, 3.05) is 6.54 Å². The molecule has 5 aromatic carbocycles. The highest BCUT2D eigenvalue weighted by Crippen LogP contribution is 2.43. The Kier molecular flexibility index (Phi) is 7.34. The third kappa shape index (κ3) is 5.24. The molecule has 1 aliphatic rings. The Bertz CT molecular complexity index is 1920. The molecule has 206 valence electrons. The van der Waals surface area contributed by atoms with Crippen LogP contribution in [0.15, 0.2) is 154 Å². The van der Waals surface area contributed by atoms with Crippen molar-refractivity contribution in [3.05, 3.63) is 156 Å². The molecule has 5 nitrogen and oxygen atoms in total. The van der Waals surface area contributed by atoms with Gasteiger partial charge >= 0.3 is 0 Å². The molecule has 0 saturated heterocycles. The minimum absolute atomic E-state index is 0.0757. The van der Waals surface area contributed by atoms with Crippen molar-refractivity contribution in [1.29, 1.82) is 0 Å². The molecule has 0 radical (unpaired) electrons. The molecule has 0 spiro atoms. The molecular weight excluding hydrogens is 551 g/mol. The van der Waals surface area contributed by atoms with E-state index in [2.05, 4.69) is 0 Å². The molecule has 2 unspecified atom stereocenters. The highest BCUT2D eigenvalue weighted by atomic mass is 32.2. The molecule has 41 heavy (non-hydrogen) atoms. The van der Waals surface area contributed by atoms with Crippen molar-refractivity contribution >= 4 is 30.4 Å². The van der Waals surface area contributed by atoms with Gasteiger partial charge in [0, 0.05) is 13.1 Å². The Morgan fingerprint density at radius 3 is 1.85 bits per heavy atom. The van der Waals surface area contributed by atoms with Crippen LogP contribution in [0.3, 0.4) is 0 Å². The first-order chi connectivity index (χ1) is 19.9.